The van der Waals surface area contributed by atoms with E-state index in [9.17, 15) is 9.59 Å². The normalized spacial score (nSPS) is 29.7. The number of amides is 2. The fourth-order valence-electron chi connectivity index (χ4n) is 4.62. The van der Waals surface area contributed by atoms with Gasteiger partial charge in [-0.3, -0.25) is 14.5 Å². The summed E-state index contributed by atoms with van der Waals surface area (Å²) in [6.07, 6.45) is 3.39. The maximum atomic E-state index is 12.8. The summed E-state index contributed by atoms with van der Waals surface area (Å²) >= 11 is 0. The SMILES string of the molecule is O=C(CN1CCN(C(=O)C2CC23CCNCC3)CC1)N1CCOCC1. The summed E-state index contributed by atoms with van der Waals surface area (Å²) in [7, 11) is 0. The fourth-order valence-corrected chi connectivity index (χ4v) is 4.62. The largest absolute Gasteiger partial charge is 0.378 e. The van der Waals surface area contributed by atoms with Crippen molar-refractivity contribution in [3.8, 4) is 0 Å². The zero-order valence-electron chi connectivity index (χ0n) is 15.0. The molecule has 3 saturated heterocycles. The molecular formula is C18H30N4O3. The third-order valence-corrected chi connectivity index (χ3v) is 6.49. The molecule has 1 N–H and O–H groups in total. The van der Waals surface area contributed by atoms with Gasteiger partial charge in [0.05, 0.1) is 19.8 Å². The Hall–Kier alpha value is -1.18. The summed E-state index contributed by atoms with van der Waals surface area (Å²) in [5.74, 6) is 0.816. The molecule has 0 bridgehead atoms. The number of carbonyl (C=O) groups excluding carboxylic acids is 2. The van der Waals surface area contributed by atoms with E-state index in [1.54, 1.807) is 0 Å². The highest BCUT2D eigenvalue weighted by Crippen LogP contribution is 2.59. The second-order valence-electron chi connectivity index (χ2n) is 7.96. The van der Waals surface area contributed by atoms with E-state index in [0.717, 1.165) is 58.5 Å². The van der Waals surface area contributed by atoms with Crippen LogP contribution in [0, 0.1) is 11.3 Å². The number of rotatable bonds is 3. The second-order valence-corrected chi connectivity index (χ2v) is 7.96. The monoisotopic (exact) mass is 350 g/mol. The number of ether oxygens (including phenoxy) is 1. The number of nitrogens with one attached hydrogen (secondary N) is 1. The molecule has 4 rings (SSSR count). The molecule has 140 valence electrons. The molecule has 1 saturated carbocycles. The average molecular weight is 350 g/mol. The number of morpholine rings is 1. The van der Waals surface area contributed by atoms with Crippen LogP contribution in [-0.2, 0) is 14.3 Å². The molecule has 25 heavy (non-hydrogen) atoms. The van der Waals surface area contributed by atoms with Crippen molar-refractivity contribution in [3.05, 3.63) is 0 Å². The van der Waals surface area contributed by atoms with Gasteiger partial charge in [0.15, 0.2) is 0 Å². The zero-order chi connectivity index (χ0) is 17.3. The van der Waals surface area contributed by atoms with E-state index in [1.165, 1.54) is 0 Å². The number of piperazine rings is 1. The molecule has 1 aliphatic carbocycles. The third-order valence-electron chi connectivity index (χ3n) is 6.49. The third kappa shape index (κ3) is 3.68. The first kappa shape index (κ1) is 17.2. The lowest BCUT2D eigenvalue weighted by Crippen LogP contribution is -2.53. The lowest BCUT2D eigenvalue weighted by molar-refractivity contribution is -0.138. The van der Waals surface area contributed by atoms with Gasteiger partial charge in [0.25, 0.3) is 0 Å². The van der Waals surface area contributed by atoms with E-state index in [-0.39, 0.29) is 11.8 Å². The van der Waals surface area contributed by atoms with Crippen molar-refractivity contribution < 1.29 is 14.3 Å². The Bertz CT molecular complexity index is 506. The van der Waals surface area contributed by atoms with Gasteiger partial charge in [0.1, 0.15) is 0 Å². The summed E-state index contributed by atoms with van der Waals surface area (Å²) in [5.41, 5.74) is 0.311. The van der Waals surface area contributed by atoms with E-state index < -0.39 is 0 Å². The summed E-state index contributed by atoms with van der Waals surface area (Å²) in [6, 6.07) is 0. The molecule has 0 aromatic heterocycles. The van der Waals surface area contributed by atoms with Gasteiger partial charge in [0, 0.05) is 45.2 Å². The second kappa shape index (κ2) is 7.21. The summed E-state index contributed by atoms with van der Waals surface area (Å²) in [5, 5.41) is 3.40. The van der Waals surface area contributed by atoms with E-state index in [2.05, 4.69) is 10.2 Å². The van der Waals surface area contributed by atoms with Crippen LogP contribution in [0.4, 0.5) is 0 Å². The van der Waals surface area contributed by atoms with E-state index in [4.69, 9.17) is 4.74 Å². The molecule has 4 aliphatic rings. The van der Waals surface area contributed by atoms with Gasteiger partial charge in [-0.2, -0.15) is 0 Å². The van der Waals surface area contributed by atoms with Crippen LogP contribution in [0.5, 0.6) is 0 Å². The van der Waals surface area contributed by atoms with E-state index in [1.807, 2.05) is 9.80 Å². The van der Waals surface area contributed by atoms with Crippen LogP contribution >= 0.6 is 0 Å². The molecule has 3 heterocycles. The molecule has 0 aromatic rings. The molecule has 0 aromatic carbocycles. The fraction of sp³-hybridized carbons (Fsp3) is 0.889. The van der Waals surface area contributed by atoms with Crippen molar-refractivity contribution in [1.29, 1.82) is 0 Å². The van der Waals surface area contributed by atoms with Crippen LogP contribution in [0.25, 0.3) is 0 Å². The lowest BCUT2D eigenvalue weighted by Gasteiger charge is -2.36. The van der Waals surface area contributed by atoms with Crippen LogP contribution in [0.15, 0.2) is 0 Å². The van der Waals surface area contributed by atoms with Gasteiger partial charge < -0.3 is 19.9 Å². The molecule has 2 amide bonds. The number of hydrogen-bond acceptors (Lipinski definition) is 5. The first-order valence-corrected chi connectivity index (χ1v) is 9.75. The lowest BCUT2D eigenvalue weighted by atomic mass is 9.91. The van der Waals surface area contributed by atoms with Crippen molar-refractivity contribution in [3.63, 3.8) is 0 Å². The van der Waals surface area contributed by atoms with Crippen LogP contribution in [0.1, 0.15) is 19.3 Å². The van der Waals surface area contributed by atoms with Gasteiger partial charge in [-0.05, 0) is 37.8 Å². The van der Waals surface area contributed by atoms with Gasteiger partial charge in [0.2, 0.25) is 11.8 Å². The first-order valence-electron chi connectivity index (χ1n) is 9.75. The summed E-state index contributed by atoms with van der Waals surface area (Å²) < 4.78 is 5.30. The Morgan fingerprint density at radius 1 is 0.960 bits per heavy atom. The van der Waals surface area contributed by atoms with Crippen molar-refractivity contribution in [1.82, 2.24) is 20.0 Å². The van der Waals surface area contributed by atoms with Crippen LogP contribution in [0.3, 0.4) is 0 Å². The van der Waals surface area contributed by atoms with Gasteiger partial charge in [-0.25, -0.2) is 0 Å². The van der Waals surface area contributed by atoms with Crippen molar-refractivity contribution in [2.75, 3.05) is 72.1 Å². The highest BCUT2D eigenvalue weighted by atomic mass is 16.5. The maximum Gasteiger partial charge on any atom is 0.236 e. The summed E-state index contributed by atoms with van der Waals surface area (Å²) in [6.45, 7) is 8.43. The number of carbonyl (C=O) groups is 2. The van der Waals surface area contributed by atoms with Gasteiger partial charge in [-0.1, -0.05) is 0 Å². The predicted molar refractivity (Wildman–Crippen MR) is 93.1 cm³/mol. The van der Waals surface area contributed by atoms with Crippen LogP contribution in [-0.4, -0.2) is 98.6 Å². The Morgan fingerprint density at radius 3 is 2.32 bits per heavy atom. The Balaban J connectivity index is 1.22. The van der Waals surface area contributed by atoms with E-state index >= 15 is 0 Å². The highest BCUT2D eigenvalue weighted by molar-refractivity contribution is 5.83. The standard InChI is InChI=1S/C18H30N4O3/c23-16(21-9-11-25-12-10-21)14-20-5-7-22(8-6-20)17(24)15-13-18(15)1-3-19-4-2-18/h15,19H,1-14H2. The van der Waals surface area contributed by atoms with Crippen molar-refractivity contribution >= 4 is 11.8 Å². The molecule has 1 unspecified atom stereocenters. The molecule has 1 spiro atoms. The average Bonchev–Trinajstić information content (AvgIpc) is 3.35. The Kier molecular flexibility index (Phi) is 4.97. The maximum absolute atomic E-state index is 12.8. The molecule has 3 aliphatic heterocycles. The minimum atomic E-state index is 0.193. The number of piperidine rings is 1. The minimum Gasteiger partial charge on any atom is -0.378 e. The molecule has 1 atom stereocenters. The van der Waals surface area contributed by atoms with Crippen molar-refractivity contribution in [2.24, 2.45) is 11.3 Å². The summed E-state index contributed by atoms with van der Waals surface area (Å²) in [4.78, 5) is 31.3. The van der Waals surface area contributed by atoms with E-state index in [0.29, 0.717) is 44.2 Å². The first-order chi connectivity index (χ1) is 12.2. The molecule has 4 fully saturated rings. The number of nitrogens with zero attached hydrogens (tertiary/aromatic N) is 3. The molecule has 7 heteroatoms. The smallest absolute Gasteiger partial charge is 0.236 e. The molecular weight excluding hydrogens is 320 g/mol. The van der Waals surface area contributed by atoms with Gasteiger partial charge >= 0.3 is 0 Å². The molecule has 0 radical (unpaired) electrons. The predicted octanol–water partition coefficient (Wildman–Crippen LogP) is -0.621. The molecule has 7 nitrogen and oxygen atoms in total. The minimum absolute atomic E-state index is 0.193. The van der Waals surface area contributed by atoms with Crippen LogP contribution in [0.2, 0.25) is 0 Å². The quantitative estimate of drug-likeness (QED) is 0.735. The van der Waals surface area contributed by atoms with Gasteiger partial charge in [-0.15, -0.1) is 0 Å². The van der Waals surface area contributed by atoms with Crippen molar-refractivity contribution in [2.45, 2.75) is 19.3 Å². The Morgan fingerprint density at radius 2 is 1.64 bits per heavy atom. The Labute approximate surface area is 149 Å². The number of hydrogen-bond donors (Lipinski definition) is 1. The topological polar surface area (TPSA) is 65.1 Å². The highest BCUT2D eigenvalue weighted by Gasteiger charge is 2.58. The van der Waals surface area contributed by atoms with Crippen LogP contribution < -0.4 is 5.32 Å². The zero-order valence-corrected chi connectivity index (χ0v) is 15.0.